The molecule has 0 aliphatic heterocycles. The zero-order chi connectivity index (χ0) is 33.2. The van der Waals surface area contributed by atoms with Crippen LogP contribution in [-0.2, 0) is 11.3 Å². The maximum absolute atomic E-state index is 14.2. The van der Waals surface area contributed by atoms with Crippen molar-refractivity contribution in [1.82, 2.24) is 9.47 Å². The van der Waals surface area contributed by atoms with Crippen LogP contribution in [0.25, 0.3) is 22.4 Å². The second kappa shape index (κ2) is 16.3. The van der Waals surface area contributed by atoms with Crippen LogP contribution in [0.5, 0.6) is 0 Å². The van der Waals surface area contributed by atoms with Crippen molar-refractivity contribution in [2.75, 3.05) is 18.9 Å². The molecule has 8 heteroatoms. The number of benzene rings is 3. The summed E-state index contributed by atoms with van der Waals surface area (Å²) in [6.45, 7) is 7.06. The van der Waals surface area contributed by atoms with Gasteiger partial charge in [0.05, 0.1) is 29.9 Å². The summed E-state index contributed by atoms with van der Waals surface area (Å²) < 4.78 is 16.2. The molecule has 0 fully saturated rings. The number of anilines is 1. The van der Waals surface area contributed by atoms with E-state index >= 15 is 0 Å². The molecule has 3 aromatic carbocycles. The molecule has 1 heterocycles. The normalized spacial score (nSPS) is 12.6. The minimum atomic E-state index is -0.982. The lowest BCUT2D eigenvalue weighted by molar-refractivity contribution is -0.132. The average Bonchev–Trinajstić information content (AvgIpc) is 3.39. The smallest absolute Gasteiger partial charge is 0.258 e. The molecule has 0 spiro atoms. The minimum absolute atomic E-state index is 0.0460. The maximum atomic E-state index is 14.2. The first kappa shape index (κ1) is 34.6. The second-order valence-corrected chi connectivity index (χ2v) is 12.2. The number of unbranched alkanes of at least 4 members (excludes halogenated alkanes) is 1. The lowest BCUT2D eigenvalue weighted by Crippen LogP contribution is -2.32. The van der Waals surface area contributed by atoms with Gasteiger partial charge in [0.25, 0.3) is 5.91 Å². The second-order valence-electron chi connectivity index (χ2n) is 12.2. The van der Waals surface area contributed by atoms with Gasteiger partial charge < -0.3 is 25.0 Å². The Morgan fingerprint density at radius 1 is 0.891 bits per heavy atom. The molecule has 2 amide bonds. The zero-order valence-electron chi connectivity index (χ0n) is 27.2. The Kier molecular flexibility index (Phi) is 12.3. The minimum Gasteiger partial charge on any atom is -0.393 e. The fourth-order valence-electron chi connectivity index (χ4n) is 5.88. The molecule has 0 aliphatic carbocycles. The van der Waals surface area contributed by atoms with Crippen LogP contribution in [0.4, 0.5) is 10.1 Å². The monoisotopic (exact) mass is 627 g/mol. The van der Waals surface area contributed by atoms with Crippen molar-refractivity contribution in [3.05, 3.63) is 102 Å². The molecular weight excluding hydrogens is 581 g/mol. The third-order valence-electron chi connectivity index (χ3n) is 8.20. The largest absolute Gasteiger partial charge is 0.393 e. The summed E-state index contributed by atoms with van der Waals surface area (Å²) in [7, 11) is 1.73. The maximum Gasteiger partial charge on any atom is 0.258 e. The van der Waals surface area contributed by atoms with Crippen molar-refractivity contribution in [1.29, 1.82) is 0 Å². The Bertz CT molecular complexity index is 1570. The summed E-state index contributed by atoms with van der Waals surface area (Å²) in [4.78, 5) is 28.4. The molecule has 2 atom stereocenters. The number of aromatic nitrogens is 1. The van der Waals surface area contributed by atoms with E-state index in [4.69, 9.17) is 0 Å². The number of hydrogen-bond donors (Lipinski definition) is 3. The molecule has 0 saturated carbocycles. The number of aliphatic hydroxyl groups excluding tert-OH is 2. The summed E-state index contributed by atoms with van der Waals surface area (Å²) in [6.07, 6.45) is 0.248. The van der Waals surface area contributed by atoms with Crippen LogP contribution in [0, 0.1) is 5.82 Å². The first-order valence-electron chi connectivity index (χ1n) is 16.1. The van der Waals surface area contributed by atoms with Crippen LogP contribution in [-0.4, -0.2) is 57.3 Å². The lowest BCUT2D eigenvalue weighted by atomic mass is 9.94. The van der Waals surface area contributed by atoms with E-state index < -0.39 is 12.2 Å². The van der Waals surface area contributed by atoms with Gasteiger partial charge in [0, 0.05) is 37.1 Å². The molecule has 46 heavy (non-hydrogen) atoms. The number of hydrogen-bond acceptors (Lipinski definition) is 4. The fourth-order valence-corrected chi connectivity index (χ4v) is 5.88. The van der Waals surface area contributed by atoms with Crippen LogP contribution >= 0.6 is 0 Å². The Morgan fingerprint density at radius 2 is 1.52 bits per heavy atom. The highest BCUT2D eigenvalue weighted by Crippen LogP contribution is 2.42. The highest BCUT2D eigenvalue weighted by molar-refractivity contribution is 6.12. The van der Waals surface area contributed by atoms with E-state index in [1.165, 1.54) is 12.1 Å². The molecule has 0 unspecified atom stereocenters. The van der Waals surface area contributed by atoms with Crippen molar-refractivity contribution >= 4 is 17.5 Å². The van der Waals surface area contributed by atoms with E-state index in [1.807, 2.05) is 74.5 Å². The zero-order valence-corrected chi connectivity index (χ0v) is 27.2. The molecule has 7 nitrogen and oxygen atoms in total. The van der Waals surface area contributed by atoms with E-state index in [2.05, 4.69) is 16.8 Å². The molecule has 0 saturated heterocycles. The third kappa shape index (κ3) is 8.71. The molecule has 4 aromatic rings. The first-order valence-corrected chi connectivity index (χ1v) is 16.1. The summed E-state index contributed by atoms with van der Waals surface area (Å²) >= 11 is 0. The van der Waals surface area contributed by atoms with Crippen molar-refractivity contribution in [3.63, 3.8) is 0 Å². The number of amides is 2. The van der Waals surface area contributed by atoms with Crippen molar-refractivity contribution in [2.24, 2.45) is 0 Å². The SMILES string of the molecule is CCCCN(C)C(=O)C[C@H](O)C[C@H](O)CCn1c(-c2ccc(F)cc2)c(-c2ccccc2)c(C(=O)Nc2ccccc2)c1C(C)C. The Morgan fingerprint density at radius 3 is 2.13 bits per heavy atom. The molecule has 0 radical (unpaired) electrons. The van der Waals surface area contributed by atoms with E-state index in [9.17, 15) is 24.2 Å². The number of aliphatic hydroxyl groups is 2. The van der Waals surface area contributed by atoms with Crippen molar-refractivity contribution < 1.29 is 24.2 Å². The van der Waals surface area contributed by atoms with Gasteiger partial charge in [0.1, 0.15) is 5.82 Å². The number of nitrogens with zero attached hydrogens (tertiary/aromatic N) is 2. The molecule has 0 bridgehead atoms. The number of para-hydroxylation sites is 1. The highest BCUT2D eigenvalue weighted by Gasteiger charge is 2.31. The van der Waals surface area contributed by atoms with Gasteiger partial charge in [-0.25, -0.2) is 4.39 Å². The van der Waals surface area contributed by atoms with E-state index in [0.29, 0.717) is 24.3 Å². The van der Waals surface area contributed by atoms with Crippen molar-refractivity contribution in [2.45, 2.75) is 77.5 Å². The molecule has 3 N–H and O–H groups in total. The van der Waals surface area contributed by atoms with Gasteiger partial charge in [0.2, 0.25) is 5.91 Å². The summed E-state index contributed by atoms with van der Waals surface area (Å²) in [5.74, 6) is -0.876. The lowest BCUT2D eigenvalue weighted by Gasteiger charge is -2.22. The van der Waals surface area contributed by atoms with E-state index in [1.54, 1.807) is 24.1 Å². The molecule has 4 rings (SSSR count). The predicted octanol–water partition coefficient (Wildman–Crippen LogP) is 7.49. The number of carbonyl (C=O) groups is 2. The van der Waals surface area contributed by atoms with E-state index in [-0.39, 0.29) is 42.8 Å². The standard InChI is InChI=1S/C38H46FN3O4/c1-5-6-22-41(4)33(45)25-32(44)24-31(43)21-23-42-36(26(2)3)35(38(46)40-30-15-11-8-12-16-30)34(27-13-9-7-10-14-27)37(42)28-17-19-29(39)20-18-28/h7-20,26,31-32,43-44H,5-6,21-25H2,1-4H3,(H,40,46)/t31-,32-/m1/s1. The molecule has 1 aromatic heterocycles. The highest BCUT2D eigenvalue weighted by atomic mass is 19.1. The number of rotatable bonds is 15. The Hall–Kier alpha value is -4.27. The number of carbonyl (C=O) groups excluding carboxylic acids is 2. The van der Waals surface area contributed by atoms with Crippen LogP contribution in [0.2, 0.25) is 0 Å². The van der Waals surface area contributed by atoms with Crippen LogP contribution in [0.1, 0.15) is 74.8 Å². The van der Waals surface area contributed by atoms with Gasteiger partial charge in [-0.05, 0) is 72.7 Å². The van der Waals surface area contributed by atoms with Gasteiger partial charge in [-0.1, -0.05) is 75.7 Å². The first-order chi connectivity index (χ1) is 22.1. The predicted molar refractivity (Wildman–Crippen MR) is 182 cm³/mol. The van der Waals surface area contributed by atoms with Gasteiger partial charge >= 0.3 is 0 Å². The van der Waals surface area contributed by atoms with Gasteiger partial charge in [0.15, 0.2) is 0 Å². The van der Waals surface area contributed by atoms with Gasteiger partial charge in [-0.15, -0.1) is 0 Å². The Labute approximate surface area is 271 Å². The van der Waals surface area contributed by atoms with Gasteiger partial charge in [-0.2, -0.15) is 0 Å². The van der Waals surface area contributed by atoms with Crippen LogP contribution in [0.3, 0.4) is 0 Å². The number of nitrogens with one attached hydrogen (secondary N) is 1. The van der Waals surface area contributed by atoms with Crippen LogP contribution < -0.4 is 5.32 Å². The van der Waals surface area contributed by atoms with Crippen molar-refractivity contribution in [3.8, 4) is 22.4 Å². The summed E-state index contributed by atoms with van der Waals surface area (Å²) in [5, 5.41) is 24.8. The molecule has 244 valence electrons. The number of halogens is 1. The summed E-state index contributed by atoms with van der Waals surface area (Å²) in [5.41, 5.74) is 5.00. The van der Waals surface area contributed by atoms with E-state index in [0.717, 1.165) is 40.9 Å². The summed E-state index contributed by atoms with van der Waals surface area (Å²) in [6, 6.07) is 25.2. The van der Waals surface area contributed by atoms with Crippen LogP contribution in [0.15, 0.2) is 84.9 Å². The third-order valence-corrected chi connectivity index (χ3v) is 8.20. The molecular formula is C38H46FN3O4. The Balaban J connectivity index is 1.74. The molecule has 0 aliphatic rings. The van der Waals surface area contributed by atoms with Gasteiger partial charge in [-0.3, -0.25) is 9.59 Å². The quantitative estimate of drug-likeness (QED) is 0.127. The topological polar surface area (TPSA) is 94.8 Å². The average molecular weight is 628 g/mol. The fraction of sp³-hybridized carbons (Fsp3) is 0.368.